The van der Waals surface area contributed by atoms with Crippen LogP contribution < -0.4 is 11.1 Å². The van der Waals surface area contributed by atoms with Crippen LogP contribution in [-0.2, 0) is 0 Å². The zero-order valence-corrected chi connectivity index (χ0v) is 13.3. The Kier molecular flexibility index (Phi) is 3.36. The summed E-state index contributed by atoms with van der Waals surface area (Å²) in [4.78, 5) is 4.56. The molecule has 0 spiro atoms. The Bertz CT molecular complexity index is 630. The molecular weight excluding hydrogens is 266 g/mol. The number of fused-ring (bicyclic) bond motifs is 1. The third-order valence-corrected chi connectivity index (χ3v) is 5.17. The summed E-state index contributed by atoms with van der Waals surface area (Å²) in [6, 6.07) is 4.68. The number of nitrogen functional groups attached to an aromatic ring is 1. The van der Waals surface area contributed by atoms with Crippen LogP contribution in [0.15, 0.2) is 12.1 Å². The summed E-state index contributed by atoms with van der Waals surface area (Å²) in [5.41, 5.74) is 9.57. The van der Waals surface area contributed by atoms with Gasteiger partial charge in [-0.2, -0.15) is 0 Å². The highest BCUT2D eigenvalue weighted by atomic mass is 32.1. The smallest absolute Gasteiger partial charge is 0.0907 e. The molecule has 1 aliphatic rings. The van der Waals surface area contributed by atoms with E-state index in [4.69, 9.17) is 5.73 Å². The summed E-state index contributed by atoms with van der Waals surface area (Å²) in [6.07, 6.45) is 5.06. The van der Waals surface area contributed by atoms with Gasteiger partial charge in [-0.3, -0.25) is 0 Å². The molecule has 3 N–H and O–H groups in total. The summed E-state index contributed by atoms with van der Waals surface area (Å²) < 4.78 is 1.18. The molecule has 20 heavy (non-hydrogen) atoms. The fraction of sp³-hybridized carbons (Fsp3) is 0.562. The standard InChI is InChI=1S/C16H23N3S/c1-10-18-14-8-13(12(17)7-15(14)20-10)19-11-5-4-6-16(2,3)9-11/h7-8,11,19H,4-6,9,17H2,1-3H3. The minimum absolute atomic E-state index is 0.437. The molecule has 1 saturated carbocycles. The average Bonchev–Trinajstić information content (AvgIpc) is 2.67. The molecule has 108 valence electrons. The van der Waals surface area contributed by atoms with E-state index >= 15 is 0 Å². The molecule has 3 nitrogen and oxygen atoms in total. The first kappa shape index (κ1) is 13.7. The quantitative estimate of drug-likeness (QED) is 0.796. The Morgan fingerprint density at radius 3 is 2.95 bits per heavy atom. The maximum atomic E-state index is 6.20. The van der Waals surface area contributed by atoms with Crippen LogP contribution in [0.3, 0.4) is 0 Å². The molecule has 3 rings (SSSR count). The van der Waals surface area contributed by atoms with Crippen LogP contribution >= 0.6 is 11.3 Å². The van der Waals surface area contributed by atoms with Gasteiger partial charge in [0.15, 0.2) is 0 Å². The molecule has 1 atom stereocenters. The zero-order valence-electron chi connectivity index (χ0n) is 12.5. The van der Waals surface area contributed by atoms with Crippen LogP contribution in [0.1, 0.15) is 44.5 Å². The summed E-state index contributed by atoms with van der Waals surface area (Å²) in [7, 11) is 0. The number of nitrogens with zero attached hydrogens (tertiary/aromatic N) is 1. The van der Waals surface area contributed by atoms with Crippen molar-refractivity contribution in [2.45, 2.75) is 52.5 Å². The second-order valence-corrected chi connectivity index (χ2v) is 7.98. The number of anilines is 2. The third-order valence-electron chi connectivity index (χ3n) is 4.23. The first-order chi connectivity index (χ1) is 9.43. The second-order valence-electron chi connectivity index (χ2n) is 6.74. The van der Waals surface area contributed by atoms with Crippen molar-refractivity contribution in [3.05, 3.63) is 17.1 Å². The number of hydrogen-bond acceptors (Lipinski definition) is 4. The van der Waals surface area contributed by atoms with Crippen molar-refractivity contribution < 1.29 is 0 Å². The van der Waals surface area contributed by atoms with Crippen molar-refractivity contribution in [2.24, 2.45) is 5.41 Å². The number of nitrogens with two attached hydrogens (primary N) is 1. The second kappa shape index (κ2) is 4.92. The predicted molar refractivity (Wildman–Crippen MR) is 88.4 cm³/mol. The largest absolute Gasteiger partial charge is 0.397 e. The van der Waals surface area contributed by atoms with E-state index in [1.807, 2.05) is 6.92 Å². The van der Waals surface area contributed by atoms with E-state index in [9.17, 15) is 0 Å². The average molecular weight is 289 g/mol. The molecule has 0 amide bonds. The van der Waals surface area contributed by atoms with Gasteiger partial charge in [-0.05, 0) is 43.7 Å². The molecule has 1 aliphatic carbocycles. The summed E-state index contributed by atoms with van der Waals surface area (Å²) >= 11 is 1.70. The Morgan fingerprint density at radius 1 is 1.40 bits per heavy atom. The highest BCUT2D eigenvalue weighted by Crippen LogP contribution is 2.38. The zero-order chi connectivity index (χ0) is 14.3. The first-order valence-electron chi connectivity index (χ1n) is 7.36. The van der Waals surface area contributed by atoms with Gasteiger partial charge >= 0.3 is 0 Å². The van der Waals surface area contributed by atoms with Gasteiger partial charge in [-0.1, -0.05) is 20.3 Å². The van der Waals surface area contributed by atoms with Gasteiger partial charge in [-0.25, -0.2) is 4.98 Å². The summed E-state index contributed by atoms with van der Waals surface area (Å²) in [6.45, 7) is 6.76. The number of hydrogen-bond donors (Lipinski definition) is 2. The maximum Gasteiger partial charge on any atom is 0.0907 e. The van der Waals surface area contributed by atoms with E-state index < -0.39 is 0 Å². The van der Waals surface area contributed by atoms with Crippen LogP contribution in [0.2, 0.25) is 0 Å². The number of benzene rings is 1. The van der Waals surface area contributed by atoms with Crippen molar-refractivity contribution in [1.82, 2.24) is 4.98 Å². The fourth-order valence-corrected chi connectivity index (χ4v) is 4.13. The molecule has 1 fully saturated rings. The van der Waals surface area contributed by atoms with Gasteiger partial charge in [0.25, 0.3) is 0 Å². The van der Waals surface area contributed by atoms with E-state index in [0.717, 1.165) is 21.9 Å². The van der Waals surface area contributed by atoms with E-state index in [0.29, 0.717) is 11.5 Å². The summed E-state index contributed by atoms with van der Waals surface area (Å²) in [5.74, 6) is 0. The lowest BCUT2D eigenvalue weighted by molar-refractivity contribution is 0.229. The Balaban J connectivity index is 1.84. The van der Waals surface area contributed by atoms with Crippen LogP contribution in [0, 0.1) is 12.3 Å². The van der Waals surface area contributed by atoms with Crippen LogP contribution in [0.25, 0.3) is 10.2 Å². The van der Waals surface area contributed by atoms with E-state index in [1.54, 1.807) is 11.3 Å². The normalized spacial score (nSPS) is 22.1. The first-order valence-corrected chi connectivity index (χ1v) is 8.18. The SMILES string of the molecule is Cc1nc2cc(NC3CCCC(C)(C)C3)c(N)cc2s1. The lowest BCUT2D eigenvalue weighted by Crippen LogP contribution is -2.31. The molecular formula is C16H23N3S. The molecule has 0 saturated heterocycles. The van der Waals surface area contributed by atoms with Gasteiger partial charge in [-0.15, -0.1) is 11.3 Å². The van der Waals surface area contributed by atoms with Crippen molar-refractivity contribution in [3.8, 4) is 0 Å². The van der Waals surface area contributed by atoms with E-state index in [-0.39, 0.29) is 0 Å². The van der Waals surface area contributed by atoms with Gasteiger partial charge in [0, 0.05) is 6.04 Å². The number of thiazole rings is 1. The molecule has 4 heteroatoms. The van der Waals surface area contributed by atoms with Gasteiger partial charge in [0.05, 0.1) is 26.6 Å². The molecule has 1 aromatic carbocycles. The lowest BCUT2D eigenvalue weighted by Gasteiger charge is -2.36. The molecule has 1 aromatic heterocycles. The minimum atomic E-state index is 0.437. The predicted octanol–water partition coefficient (Wildman–Crippen LogP) is 4.57. The highest BCUT2D eigenvalue weighted by Gasteiger charge is 2.28. The Hall–Kier alpha value is -1.29. The van der Waals surface area contributed by atoms with E-state index in [2.05, 4.69) is 36.3 Å². The number of aromatic nitrogens is 1. The number of aryl methyl sites for hydroxylation is 1. The van der Waals surface area contributed by atoms with Crippen molar-refractivity contribution >= 4 is 32.9 Å². The van der Waals surface area contributed by atoms with Gasteiger partial charge in [0.2, 0.25) is 0 Å². The van der Waals surface area contributed by atoms with Crippen molar-refractivity contribution in [3.63, 3.8) is 0 Å². The fourth-order valence-electron chi connectivity index (χ4n) is 3.27. The van der Waals surface area contributed by atoms with Crippen LogP contribution in [0.4, 0.5) is 11.4 Å². The Labute approximate surface area is 124 Å². The monoisotopic (exact) mass is 289 g/mol. The van der Waals surface area contributed by atoms with Crippen LogP contribution in [0.5, 0.6) is 0 Å². The molecule has 0 bridgehead atoms. The van der Waals surface area contributed by atoms with Gasteiger partial charge in [0.1, 0.15) is 0 Å². The number of nitrogens with one attached hydrogen (secondary N) is 1. The molecule has 1 unspecified atom stereocenters. The molecule has 0 radical (unpaired) electrons. The topological polar surface area (TPSA) is 50.9 Å². The minimum Gasteiger partial charge on any atom is -0.397 e. The molecule has 1 heterocycles. The highest BCUT2D eigenvalue weighted by molar-refractivity contribution is 7.18. The summed E-state index contributed by atoms with van der Waals surface area (Å²) in [5, 5.41) is 4.74. The maximum absolute atomic E-state index is 6.20. The lowest BCUT2D eigenvalue weighted by atomic mass is 9.75. The molecule has 0 aliphatic heterocycles. The van der Waals surface area contributed by atoms with E-state index in [1.165, 1.54) is 30.4 Å². The third kappa shape index (κ3) is 2.75. The van der Waals surface area contributed by atoms with Crippen molar-refractivity contribution in [1.29, 1.82) is 0 Å². The molecule has 2 aromatic rings. The van der Waals surface area contributed by atoms with Crippen LogP contribution in [-0.4, -0.2) is 11.0 Å². The number of rotatable bonds is 2. The van der Waals surface area contributed by atoms with Gasteiger partial charge < -0.3 is 11.1 Å². The Morgan fingerprint density at radius 2 is 2.20 bits per heavy atom. The van der Waals surface area contributed by atoms with Crippen molar-refractivity contribution in [2.75, 3.05) is 11.1 Å².